The maximum Gasteiger partial charge on any atom is 0.162 e. The summed E-state index contributed by atoms with van der Waals surface area (Å²) in [5.41, 5.74) is 5.85. The number of carbonyl (C=O) groups is 1. The summed E-state index contributed by atoms with van der Waals surface area (Å²) < 4.78 is 2.28. The third-order valence-corrected chi connectivity index (χ3v) is 6.16. The van der Waals surface area contributed by atoms with Gasteiger partial charge in [0.25, 0.3) is 0 Å². The number of nitrogens with zero attached hydrogens (tertiary/aromatic N) is 1. The number of para-hydroxylation sites is 1. The number of hydrogen-bond acceptors (Lipinski definition) is 1. The molecule has 0 spiro atoms. The van der Waals surface area contributed by atoms with E-state index in [4.69, 9.17) is 0 Å². The molecule has 2 aromatic rings. The van der Waals surface area contributed by atoms with Crippen molar-refractivity contribution in [1.29, 1.82) is 0 Å². The van der Waals surface area contributed by atoms with Crippen LogP contribution in [0, 0.1) is 25.7 Å². The summed E-state index contributed by atoms with van der Waals surface area (Å²) in [4.78, 5) is 12.9. The van der Waals surface area contributed by atoms with E-state index in [0.717, 1.165) is 18.4 Å². The van der Waals surface area contributed by atoms with E-state index in [0.29, 0.717) is 17.6 Å². The number of hydrogen-bond donors (Lipinski definition) is 0. The number of aryl methyl sites for hydroxylation is 1. The van der Waals surface area contributed by atoms with Gasteiger partial charge in [0.15, 0.2) is 5.78 Å². The van der Waals surface area contributed by atoms with Crippen LogP contribution in [-0.2, 0) is 4.79 Å². The summed E-state index contributed by atoms with van der Waals surface area (Å²) in [5, 5.41) is 0. The predicted molar refractivity (Wildman–Crippen MR) is 103 cm³/mol. The Labute approximate surface area is 150 Å². The zero-order valence-corrected chi connectivity index (χ0v) is 15.3. The van der Waals surface area contributed by atoms with Gasteiger partial charge in [0.05, 0.1) is 0 Å². The minimum Gasteiger partial charge on any atom is -0.318 e. The summed E-state index contributed by atoms with van der Waals surface area (Å²) in [6, 6.07) is 12.7. The van der Waals surface area contributed by atoms with E-state index in [1.54, 1.807) is 0 Å². The van der Waals surface area contributed by atoms with Crippen LogP contribution < -0.4 is 0 Å². The maximum atomic E-state index is 12.9. The Morgan fingerprint density at radius 2 is 1.76 bits per heavy atom. The Kier molecular flexibility index (Phi) is 4.37. The van der Waals surface area contributed by atoms with Crippen molar-refractivity contribution >= 4 is 11.9 Å². The van der Waals surface area contributed by atoms with Crippen LogP contribution in [0.2, 0.25) is 0 Å². The van der Waals surface area contributed by atoms with Crippen molar-refractivity contribution in [2.45, 2.75) is 52.4 Å². The van der Waals surface area contributed by atoms with Gasteiger partial charge in [-0.15, -0.1) is 0 Å². The highest BCUT2D eigenvalue weighted by Crippen LogP contribution is 2.41. The van der Waals surface area contributed by atoms with Gasteiger partial charge in [-0.05, 0) is 80.9 Å². The van der Waals surface area contributed by atoms with Crippen molar-refractivity contribution in [2.24, 2.45) is 11.8 Å². The van der Waals surface area contributed by atoms with Crippen LogP contribution >= 0.6 is 0 Å². The van der Waals surface area contributed by atoms with E-state index in [9.17, 15) is 4.79 Å². The van der Waals surface area contributed by atoms with Crippen LogP contribution in [0.3, 0.4) is 0 Å². The zero-order valence-electron chi connectivity index (χ0n) is 15.3. The lowest BCUT2D eigenvalue weighted by atomic mass is 9.88. The second kappa shape index (κ2) is 6.67. The summed E-state index contributed by atoms with van der Waals surface area (Å²) in [7, 11) is 0. The molecule has 0 aliphatic heterocycles. The Balaban J connectivity index is 1.63. The Hall–Kier alpha value is -2.09. The zero-order chi connectivity index (χ0) is 17.4. The van der Waals surface area contributed by atoms with Crippen LogP contribution in [0.25, 0.3) is 11.8 Å². The molecular weight excluding hydrogens is 306 g/mol. The second-order valence-electron chi connectivity index (χ2n) is 7.72. The molecule has 0 bridgehead atoms. The molecule has 1 atom stereocenters. The topological polar surface area (TPSA) is 22.0 Å². The molecule has 0 radical (unpaired) electrons. The summed E-state index contributed by atoms with van der Waals surface area (Å²) in [6.45, 7) is 4.29. The highest BCUT2D eigenvalue weighted by Gasteiger charge is 2.36. The van der Waals surface area contributed by atoms with Crippen LogP contribution in [-0.4, -0.2) is 10.4 Å². The standard InChI is InChI=1S/C23H27NO/c1-16-14-20(17(2)24(16)21-10-4-3-5-11-21)15-19-12-13-22(23(19)25)18-8-6-7-9-18/h3-5,10-11,14-15,18,22H,6-9,12-13H2,1-2H3/b19-15+/t22-/m1/s1. The van der Waals surface area contributed by atoms with Crippen LogP contribution in [0.4, 0.5) is 0 Å². The molecule has 2 aliphatic rings. The van der Waals surface area contributed by atoms with Crippen molar-refractivity contribution < 1.29 is 4.79 Å². The minimum absolute atomic E-state index is 0.298. The number of Topliss-reactive ketones (excluding diaryl/α,β-unsaturated/α-hetero) is 1. The quantitative estimate of drug-likeness (QED) is 0.666. The molecule has 2 saturated carbocycles. The molecule has 1 aromatic carbocycles. The molecule has 1 heterocycles. The lowest BCUT2D eigenvalue weighted by molar-refractivity contribution is -0.119. The van der Waals surface area contributed by atoms with E-state index < -0.39 is 0 Å². The molecule has 0 amide bonds. The van der Waals surface area contributed by atoms with Gasteiger partial charge in [0.1, 0.15) is 0 Å². The second-order valence-corrected chi connectivity index (χ2v) is 7.72. The lowest BCUT2D eigenvalue weighted by Gasteiger charge is -2.15. The summed E-state index contributed by atoms with van der Waals surface area (Å²) in [6.07, 6.45) is 9.32. The number of ketones is 1. The normalized spacial score (nSPS) is 23.0. The fourth-order valence-corrected chi connectivity index (χ4v) is 4.85. The van der Waals surface area contributed by atoms with Crippen LogP contribution in [0.1, 0.15) is 55.5 Å². The van der Waals surface area contributed by atoms with Gasteiger partial charge in [-0.3, -0.25) is 4.79 Å². The van der Waals surface area contributed by atoms with Gasteiger partial charge in [0, 0.05) is 23.0 Å². The van der Waals surface area contributed by atoms with Gasteiger partial charge in [-0.1, -0.05) is 31.0 Å². The number of aromatic nitrogens is 1. The van der Waals surface area contributed by atoms with E-state index in [1.807, 2.05) is 6.07 Å². The van der Waals surface area contributed by atoms with Crippen molar-refractivity contribution in [2.75, 3.05) is 0 Å². The van der Waals surface area contributed by atoms with E-state index in [-0.39, 0.29) is 0 Å². The monoisotopic (exact) mass is 333 g/mol. The molecule has 4 rings (SSSR count). The van der Waals surface area contributed by atoms with Gasteiger partial charge >= 0.3 is 0 Å². The van der Waals surface area contributed by atoms with Crippen molar-refractivity contribution in [3.8, 4) is 5.69 Å². The Morgan fingerprint density at radius 1 is 1.04 bits per heavy atom. The number of benzene rings is 1. The van der Waals surface area contributed by atoms with E-state index >= 15 is 0 Å². The molecule has 1 aromatic heterocycles. The molecule has 130 valence electrons. The Morgan fingerprint density at radius 3 is 2.48 bits per heavy atom. The molecule has 2 fully saturated rings. The average molecular weight is 333 g/mol. The smallest absolute Gasteiger partial charge is 0.162 e. The fourth-order valence-electron chi connectivity index (χ4n) is 4.85. The van der Waals surface area contributed by atoms with Gasteiger partial charge < -0.3 is 4.57 Å². The van der Waals surface area contributed by atoms with Gasteiger partial charge in [-0.2, -0.15) is 0 Å². The summed E-state index contributed by atoms with van der Waals surface area (Å²) in [5.74, 6) is 1.37. The number of carbonyl (C=O) groups excluding carboxylic acids is 1. The largest absolute Gasteiger partial charge is 0.318 e. The molecule has 25 heavy (non-hydrogen) atoms. The van der Waals surface area contributed by atoms with Crippen molar-refractivity contribution in [1.82, 2.24) is 4.57 Å². The number of rotatable bonds is 3. The molecular formula is C23H27NO. The average Bonchev–Trinajstić information content (AvgIpc) is 3.31. The molecule has 0 saturated heterocycles. The van der Waals surface area contributed by atoms with Crippen LogP contribution in [0.15, 0.2) is 42.0 Å². The van der Waals surface area contributed by atoms with Crippen molar-refractivity contribution in [3.63, 3.8) is 0 Å². The van der Waals surface area contributed by atoms with Crippen LogP contribution in [0.5, 0.6) is 0 Å². The highest BCUT2D eigenvalue weighted by atomic mass is 16.1. The molecule has 0 N–H and O–H groups in total. The highest BCUT2D eigenvalue weighted by molar-refractivity contribution is 6.03. The molecule has 2 nitrogen and oxygen atoms in total. The summed E-state index contributed by atoms with van der Waals surface area (Å²) >= 11 is 0. The third-order valence-electron chi connectivity index (χ3n) is 6.16. The Bertz CT molecular complexity index is 806. The number of allylic oxidation sites excluding steroid dienone is 1. The molecule has 2 aliphatic carbocycles. The first-order chi connectivity index (χ1) is 12.1. The molecule has 0 unspecified atom stereocenters. The van der Waals surface area contributed by atoms with E-state index in [1.165, 1.54) is 48.3 Å². The third kappa shape index (κ3) is 2.99. The SMILES string of the molecule is Cc1cc(/C=C2\CC[C@H](C3CCCC3)C2=O)c(C)n1-c1ccccc1. The fraction of sp³-hybridized carbons (Fsp3) is 0.435. The first kappa shape index (κ1) is 16.4. The first-order valence-corrected chi connectivity index (χ1v) is 9.64. The first-order valence-electron chi connectivity index (χ1n) is 9.64. The van der Waals surface area contributed by atoms with Crippen molar-refractivity contribution in [3.05, 3.63) is 58.9 Å². The maximum absolute atomic E-state index is 12.9. The predicted octanol–water partition coefficient (Wildman–Crippen LogP) is 5.65. The van der Waals surface area contributed by atoms with Gasteiger partial charge in [0.2, 0.25) is 0 Å². The minimum atomic E-state index is 0.298. The molecule has 2 heteroatoms. The lowest BCUT2D eigenvalue weighted by Crippen LogP contribution is -2.16. The van der Waals surface area contributed by atoms with Gasteiger partial charge in [-0.25, -0.2) is 0 Å². The van der Waals surface area contributed by atoms with E-state index in [2.05, 4.69) is 54.8 Å².